The summed E-state index contributed by atoms with van der Waals surface area (Å²) in [4.78, 5) is 4.92. The standard InChI is InChI=1S/C20H32N2O3/c1-3-21-10-8-18(9-11-21)22-12-13-24-15-20(23,14-22)16-25-19-7-5-4-6-17(19)2/h4-7,18,23H,3,8-16H2,1-2H3/t20-/m1/s1. The third kappa shape index (κ3) is 4.94. The molecule has 1 aromatic rings. The van der Waals surface area contributed by atoms with Gasteiger partial charge in [-0.1, -0.05) is 25.1 Å². The van der Waals surface area contributed by atoms with Crippen molar-refractivity contribution < 1.29 is 14.6 Å². The summed E-state index contributed by atoms with van der Waals surface area (Å²) in [7, 11) is 0. The Labute approximate surface area is 151 Å². The van der Waals surface area contributed by atoms with Gasteiger partial charge in [0.25, 0.3) is 0 Å². The van der Waals surface area contributed by atoms with Crippen LogP contribution >= 0.6 is 0 Å². The molecule has 3 rings (SSSR count). The molecule has 0 aliphatic carbocycles. The molecule has 1 atom stereocenters. The van der Waals surface area contributed by atoms with Gasteiger partial charge in [-0.15, -0.1) is 0 Å². The van der Waals surface area contributed by atoms with E-state index in [1.807, 2.05) is 31.2 Å². The predicted octanol–water partition coefficient (Wildman–Crippen LogP) is 1.92. The third-order valence-corrected chi connectivity index (χ3v) is 5.50. The molecule has 140 valence electrons. The Bertz CT molecular complexity index is 545. The highest BCUT2D eigenvalue weighted by Gasteiger charge is 2.36. The van der Waals surface area contributed by atoms with Crippen LogP contribution in [0.2, 0.25) is 0 Å². The Morgan fingerprint density at radius 3 is 2.72 bits per heavy atom. The summed E-state index contributed by atoms with van der Waals surface area (Å²) in [5.74, 6) is 0.836. The van der Waals surface area contributed by atoms with Crippen molar-refractivity contribution in [3.63, 3.8) is 0 Å². The second-order valence-electron chi connectivity index (χ2n) is 7.47. The lowest BCUT2D eigenvalue weighted by Crippen LogP contribution is -2.53. The topological polar surface area (TPSA) is 45.2 Å². The highest BCUT2D eigenvalue weighted by Crippen LogP contribution is 2.23. The Balaban J connectivity index is 1.59. The fourth-order valence-corrected chi connectivity index (χ4v) is 3.88. The van der Waals surface area contributed by atoms with Crippen LogP contribution in [0.1, 0.15) is 25.3 Å². The number of aryl methyl sites for hydroxylation is 1. The summed E-state index contributed by atoms with van der Waals surface area (Å²) in [5.41, 5.74) is 0.130. The van der Waals surface area contributed by atoms with Crippen LogP contribution in [0.3, 0.4) is 0 Å². The first-order chi connectivity index (χ1) is 12.1. The highest BCUT2D eigenvalue weighted by atomic mass is 16.5. The van der Waals surface area contributed by atoms with Crippen molar-refractivity contribution in [2.75, 3.05) is 52.5 Å². The molecule has 0 bridgehead atoms. The van der Waals surface area contributed by atoms with Crippen molar-refractivity contribution in [1.82, 2.24) is 9.80 Å². The minimum absolute atomic E-state index is 0.266. The first-order valence-corrected chi connectivity index (χ1v) is 9.54. The molecule has 0 spiro atoms. The summed E-state index contributed by atoms with van der Waals surface area (Å²) < 4.78 is 11.7. The minimum Gasteiger partial charge on any atom is -0.490 e. The molecule has 5 heteroatoms. The molecule has 0 aromatic heterocycles. The summed E-state index contributed by atoms with van der Waals surface area (Å²) >= 11 is 0. The van der Waals surface area contributed by atoms with Crippen LogP contribution in [0, 0.1) is 6.92 Å². The zero-order valence-corrected chi connectivity index (χ0v) is 15.6. The van der Waals surface area contributed by atoms with Crippen molar-refractivity contribution in [2.24, 2.45) is 0 Å². The number of likely N-dealkylation sites (tertiary alicyclic amines) is 1. The molecule has 0 amide bonds. The van der Waals surface area contributed by atoms with Crippen LogP contribution in [0.25, 0.3) is 0 Å². The summed E-state index contributed by atoms with van der Waals surface area (Å²) in [5, 5.41) is 11.1. The maximum atomic E-state index is 11.1. The number of aliphatic hydroxyl groups is 1. The van der Waals surface area contributed by atoms with Gasteiger partial charge in [-0.2, -0.15) is 0 Å². The lowest BCUT2D eigenvalue weighted by Gasteiger charge is -2.40. The van der Waals surface area contributed by atoms with Crippen LogP contribution in [-0.4, -0.2) is 79.1 Å². The Morgan fingerprint density at radius 2 is 2.00 bits per heavy atom. The fourth-order valence-electron chi connectivity index (χ4n) is 3.88. The number of nitrogens with zero attached hydrogens (tertiary/aromatic N) is 2. The summed E-state index contributed by atoms with van der Waals surface area (Å²) in [6, 6.07) is 8.47. The smallest absolute Gasteiger partial charge is 0.134 e. The number of rotatable bonds is 5. The van der Waals surface area contributed by atoms with Gasteiger partial charge in [0.2, 0.25) is 0 Å². The second-order valence-corrected chi connectivity index (χ2v) is 7.47. The number of ether oxygens (including phenoxy) is 2. The quantitative estimate of drug-likeness (QED) is 0.881. The van der Waals surface area contributed by atoms with Crippen molar-refractivity contribution in [2.45, 2.75) is 38.3 Å². The van der Waals surface area contributed by atoms with E-state index in [2.05, 4.69) is 16.7 Å². The van der Waals surface area contributed by atoms with E-state index in [0.29, 0.717) is 25.8 Å². The Kier molecular flexibility index (Phi) is 6.34. The molecular weight excluding hydrogens is 316 g/mol. The molecule has 1 N–H and O–H groups in total. The third-order valence-electron chi connectivity index (χ3n) is 5.50. The molecule has 5 nitrogen and oxygen atoms in total. The molecule has 2 saturated heterocycles. The minimum atomic E-state index is -0.958. The van der Waals surface area contributed by atoms with E-state index in [0.717, 1.165) is 37.5 Å². The fraction of sp³-hybridized carbons (Fsp3) is 0.700. The molecule has 2 aliphatic rings. The number of hydrogen-bond acceptors (Lipinski definition) is 5. The van der Waals surface area contributed by atoms with Crippen LogP contribution in [0.5, 0.6) is 5.75 Å². The number of para-hydroxylation sites is 1. The van der Waals surface area contributed by atoms with E-state index in [-0.39, 0.29) is 6.61 Å². The van der Waals surface area contributed by atoms with Crippen LogP contribution in [-0.2, 0) is 4.74 Å². The maximum absolute atomic E-state index is 11.1. The molecular formula is C20H32N2O3. The van der Waals surface area contributed by atoms with E-state index < -0.39 is 5.60 Å². The monoisotopic (exact) mass is 348 g/mol. The van der Waals surface area contributed by atoms with Gasteiger partial charge in [-0.05, 0) is 51.0 Å². The first-order valence-electron chi connectivity index (χ1n) is 9.54. The predicted molar refractivity (Wildman–Crippen MR) is 99.2 cm³/mol. The van der Waals surface area contributed by atoms with Crippen molar-refractivity contribution in [3.8, 4) is 5.75 Å². The largest absolute Gasteiger partial charge is 0.490 e. The van der Waals surface area contributed by atoms with Crippen molar-refractivity contribution >= 4 is 0 Å². The molecule has 2 fully saturated rings. The average Bonchev–Trinajstić information content (AvgIpc) is 2.83. The van der Waals surface area contributed by atoms with Crippen LogP contribution in [0.4, 0.5) is 0 Å². The number of hydrogen-bond donors (Lipinski definition) is 1. The van der Waals surface area contributed by atoms with Gasteiger partial charge in [0, 0.05) is 19.1 Å². The van der Waals surface area contributed by atoms with Crippen LogP contribution in [0.15, 0.2) is 24.3 Å². The number of benzene rings is 1. The number of β-amino-alcohol motifs (C(OH)–C–C–N with tert-alkyl or cyclic N) is 1. The molecule has 25 heavy (non-hydrogen) atoms. The highest BCUT2D eigenvalue weighted by molar-refractivity contribution is 5.31. The van der Waals surface area contributed by atoms with Gasteiger partial charge in [-0.25, -0.2) is 0 Å². The molecule has 2 aliphatic heterocycles. The molecule has 1 aromatic carbocycles. The molecule has 2 heterocycles. The van der Waals surface area contributed by atoms with E-state index in [1.54, 1.807) is 0 Å². The van der Waals surface area contributed by atoms with Gasteiger partial charge in [0.05, 0.1) is 13.2 Å². The van der Waals surface area contributed by atoms with Crippen molar-refractivity contribution in [3.05, 3.63) is 29.8 Å². The lowest BCUT2D eigenvalue weighted by atomic mass is 9.99. The Morgan fingerprint density at radius 1 is 1.24 bits per heavy atom. The first kappa shape index (κ1) is 18.6. The molecule has 0 unspecified atom stereocenters. The van der Waals surface area contributed by atoms with E-state index >= 15 is 0 Å². The van der Waals surface area contributed by atoms with Crippen LogP contribution < -0.4 is 4.74 Å². The van der Waals surface area contributed by atoms with Crippen molar-refractivity contribution in [1.29, 1.82) is 0 Å². The van der Waals surface area contributed by atoms with E-state index in [9.17, 15) is 5.11 Å². The summed E-state index contributed by atoms with van der Waals surface area (Å²) in [6.07, 6.45) is 2.34. The maximum Gasteiger partial charge on any atom is 0.134 e. The number of piperidine rings is 1. The SMILES string of the molecule is CCN1CCC(N2CCOC[C@@](O)(COc3ccccc3C)C2)CC1. The molecule has 0 saturated carbocycles. The van der Waals surface area contributed by atoms with E-state index in [4.69, 9.17) is 9.47 Å². The lowest BCUT2D eigenvalue weighted by molar-refractivity contribution is -0.0690. The zero-order valence-electron chi connectivity index (χ0n) is 15.6. The normalized spacial score (nSPS) is 27.2. The van der Waals surface area contributed by atoms with Gasteiger partial charge < -0.3 is 19.5 Å². The molecule has 0 radical (unpaired) electrons. The second kappa shape index (κ2) is 8.49. The van der Waals surface area contributed by atoms with E-state index in [1.165, 1.54) is 12.8 Å². The zero-order chi connectivity index (χ0) is 17.7. The van der Waals surface area contributed by atoms with Gasteiger partial charge >= 0.3 is 0 Å². The van der Waals surface area contributed by atoms with Gasteiger partial charge in [0.1, 0.15) is 18.0 Å². The average molecular weight is 348 g/mol. The van der Waals surface area contributed by atoms with Gasteiger partial charge in [0.15, 0.2) is 0 Å². The Hall–Kier alpha value is -1.14. The van der Waals surface area contributed by atoms with Gasteiger partial charge in [-0.3, -0.25) is 4.90 Å². The summed E-state index contributed by atoms with van der Waals surface area (Å²) in [6.45, 7) is 10.5.